The largest absolute Gasteiger partial charge is 0.381 e. The molecule has 15 heavy (non-hydrogen) atoms. The lowest BCUT2D eigenvalue weighted by Gasteiger charge is -2.27. The van der Waals surface area contributed by atoms with E-state index in [0.717, 1.165) is 31.7 Å². The number of rotatable bonds is 2. The molecule has 0 radical (unpaired) electrons. The standard InChI is InChI=1S/C12H16ClNO/c1-9(10-4-6-15-7-5-10)12-3-2-11(13)8-14-12/h2-3,8-10H,4-7H2,1H3/t9-/m0/s1. The number of hydrogen-bond donors (Lipinski definition) is 0. The first kappa shape index (κ1) is 10.9. The Morgan fingerprint density at radius 1 is 1.40 bits per heavy atom. The van der Waals surface area contributed by atoms with Crippen molar-refractivity contribution < 1.29 is 4.74 Å². The number of ether oxygens (including phenoxy) is 1. The van der Waals surface area contributed by atoms with E-state index in [1.165, 1.54) is 0 Å². The topological polar surface area (TPSA) is 22.1 Å². The van der Waals surface area contributed by atoms with Crippen molar-refractivity contribution in [1.29, 1.82) is 0 Å². The zero-order valence-electron chi connectivity index (χ0n) is 8.95. The third kappa shape index (κ3) is 2.70. The summed E-state index contributed by atoms with van der Waals surface area (Å²) in [6.45, 7) is 4.03. The molecule has 1 saturated heterocycles. The van der Waals surface area contributed by atoms with Crippen LogP contribution in [-0.4, -0.2) is 18.2 Å². The van der Waals surface area contributed by atoms with Crippen LogP contribution >= 0.6 is 11.6 Å². The number of pyridine rings is 1. The van der Waals surface area contributed by atoms with Gasteiger partial charge in [0.1, 0.15) is 0 Å². The molecule has 1 aromatic rings. The third-order valence-electron chi connectivity index (χ3n) is 3.19. The highest BCUT2D eigenvalue weighted by Gasteiger charge is 2.22. The Hall–Kier alpha value is -0.600. The van der Waals surface area contributed by atoms with Crippen molar-refractivity contribution in [1.82, 2.24) is 4.98 Å². The van der Waals surface area contributed by atoms with Crippen molar-refractivity contribution in [3.63, 3.8) is 0 Å². The van der Waals surface area contributed by atoms with Crippen LogP contribution in [0.5, 0.6) is 0 Å². The smallest absolute Gasteiger partial charge is 0.0589 e. The summed E-state index contributed by atoms with van der Waals surface area (Å²) in [5.74, 6) is 1.21. The van der Waals surface area contributed by atoms with E-state index in [-0.39, 0.29) is 0 Å². The normalized spacial score (nSPS) is 20.1. The maximum Gasteiger partial charge on any atom is 0.0589 e. The Balaban J connectivity index is 2.05. The minimum Gasteiger partial charge on any atom is -0.381 e. The second-order valence-electron chi connectivity index (χ2n) is 4.14. The highest BCUT2D eigenvalue weighted by atomic mass is 35.5. The molecule has 3 heteroatoms. The maximum absolute atomic E-state index is 5.82. The van der Waals surface area contributed by atoms with Crippen LogP contribution in [-0.2, 0) is 4.74 Å². The average Bonchev–Trinajstić information content (AvgIpc) is 2.30. The molecule has 0 unspecified atom stereocenters. The van der Waals surface area contributed by atoms with Gasteiger partial charge in [0.15, 0.2) is 0 Å². The first-order chi connectivity index (χ1) is 7.27. The van der Waals surface area contributed by atoms with Crippen molar-refractivity contribution in [3.05, 3.63) is 29.0 Å². The zero-order valence-corrected chi connectivity index (χ0v) is 9.70. The van der Waals surface area contributed by atoms with Crippen LogP contribution < -0.4 is 0 Å². The highest BCUT2D eigenvalue weighted by Crippen LogP contribution is 2.30. The van der Waals surface area contributed by atoms with E-state index in [1.807, 2.05) is 12.1 Å². The Bertz CT molecular complexity index is 306. The van der Waals surface area contributed by atoms with E-state index >= 15 is 0 Å². The average molecular weight is 226 g/mol. The van der Waals surface area contributed by atoms with Crippen molar-refractivity contribution in [2.24, 2.45) is 5.92 Å². The zero-order chi connectivity index (χ0) is 10.7. The number of halogens is 1. The van der Waals surface area contributed by atoms with Gasteiger partial charge < -0.3 is 4.74 Å². The van der Waals surface area contributed by atoms with E-state index in [9.17, 15) is 0 Å². The van der Waals surface area contributed by atoms with Gasteiger partial charge in [0, 0.05) is 31.0 Å². The summed E-state index contributed by atoms with van der Waals surface area (Å²) in [5, 5.41) is 0.706. The van der Waals surface area contributed by atoms with Gasteiger partial charge in [-0.25, -0.2) is 0 Å². The molecule has 1 atom stereocenters. The van der Waals surface area contributed by atoms with Gasteiger partial charge in [-0.1, -0.05) is 18.5 Å². The van der Waals surface area contributed by atoms with E-state index in [2.05, 4.69) is 11.9 Å². The van der Waals surface area contributed by atoms with Crippen LogP contribution in [0.2, 0.25) is 5.02 Å². The Kier molecular flexibility index (Phi) is 3.60. The van der Waals surface area contributed by atoms with Crippen LogP contribution in [0.4, 0.5) is 0 Å². The first-order valence-corrected chi connectivity index (χ1v) is 5.84. The summed E-state index contributed by atoms with van der Waals surface area (Å²) in [6.07, 6.45) is 4.02. The van der Waals surface area contributed by atoms with Crippen LogP contribution in [0.25, 0.3) is 0 Å². The van der Waals surface area contributed by atoms with Crippen LogP contribution in [0.3, 0.4) is 0 Å². The minimum atomic E-state index is 0.506. The second kappa shape index (κ2) is 4.95. The van der Waals surface area contributed by atoms with E-state index in [1.54, 1.807) is 6.20 Å². The maximum atomic E-state index is 5.82. The molecule has 0 aromatic carbocycles. The Morgan fingerprint density at radius 3 is 2.73 bits per heavy atom. The molecule has 2 heterocycles. The summed E-state index contributed by atoms with van der Waals surface area (Å²) in [7, 11) is 0. The van der Waals surface area contributed by atoms with Gasteiger partial charge in [-0.3, -0.25) is 4.98 Å². The summed E-state index contributed by atoms with van der Waals surface area (Å²) < 4.78 is 5.36. The minimum absolute atomic E-state index is 0.506. The summed E-state index contributed by atoms with van der Waals surface area (Å²) >= 11 is 5.82. The molecule has 82 valence electrons. The van der Waals surface area contributed by atoms with Gasteiger partial charge in [-0.05, 0) is 30.9 Å². The fourth-order valence-corrected chi connectivity index (χ4v) is 2.23. The van der Waals surface area contributed by atoms with Gasteiger partial charge in [0.05, 0.1) is 5.02 Å². The second-order valence-corrected chi connectivity index (χ2v) is 4.58. The summed E-state index contributed by atoms with van der Waals surface area (Å²) in [5.41, 5.74) is 1.14. The quantitative estimate of drug-likeness (QED) is 0.771. The predicted octanol–water partition coefficient (Wildman–Crippen LogP) is 3.27. The van der Waals surface area contributed by atoms with Crippen molar-refractivity contribution >= 4 is 11.6 Å². The molecular formula is C12H16ClNO. The number of nitrogens with zero attached hydrogens (tertiary/aromatic N) is 1. The molecule has 2 nitrogen and oxygen atoms in total. The molecule has 1 aliphatic rings. The molecule has 0 bridgehead atoms. The Morgan fingerprint density at radius 2 is 2.13 bits per heavy atom. The van der Waals surface area contributed by atoms with E-state index < -0.39 is 0 Å². The molecule has 0 spiro atoms. The van der Waals surface area contributed by atoms with Crippen LogP contribution in [0.1, 0.15) is 31.4 Å². The summed E-state index contributed by atoms with van der Waals surface area (Å²) in [4.78, 5) is 4.38. The number of aromatic nitrogens is 1. The fourth-order valence-electron chi connectivity index (χ4n) is 2.11. The monoisotopic (exact) mass is 225 g/mol. The van der Waals surface area contributed by atoms with Crippen LogP contribution in [0, 0.1) is 5.92 Å². The third-order valence-corrected chi connectivity index (χ3v) is 3.41. The molecule has 1 aromatic heterocycles. The SMILES string of the molecule is C[C@H](c1ccc(Cl)cn1)C1CCOCC1. The molecule has 0 N–H and O–H groups in total. The molecule has 0 aliphatic carbocycles. The lowest BCUT2D eigenvalue weighted by molar-refractivity contribution is 0.0592. The van der Waals surface area contributed by atoms with Crippen LogP contribution in [0.15, 0.2) is 18.3 Å². The molecule has 1 fully saturated rings. The van der Waals surface area contributed by atoms with Gasteiger partial charge in [-0.15, -0.1) is 0 Å². The van der Waals surface area contributed by atoms with Gasteiger partial charge in [0.2, 0.25) is 0 Å². The molecule has 0 amide bonds. The summed E-state index contributed by atoms with van der Waals surface area (Å²) in [6, 6.07) is 3.95. The first-order valence-electron chi connectivity index (χ1n) is 5.46. The van der Waals surface area contributed by atoms with Crippen molar-refractivity contribution in [3.8, 4) is 0 Å². The molecule has 1 aliphatic heterocycles. The lowest BCUT2D eigenvalue weighted by atomic mass is 9.85. The Labute approximate surface area is 95.6 Å². The molecule has 0 saturated carbocycles. The lowest BCUT2D eigenvalue weighted by Crippen LogP contribution is -2.21. The van der Waals surface area contributed by atoms with E-state index in [4.69, 9.17) is 16.3 Å². The van der Waals surface area contributed by atoms with Gasteiger partial charge in [-0.2, -0.15) is 0 Å². The fraction of sp³-hybridized carbons (Fsp3) is 0.583. The van der Waals surface area contributed by atoms with Crippen molar-refractivity contribution in [2.45, 2.75) is 25.7 Å². The van der Waals surface area contributed by atoms with Crippen molar-refractivity contribution in [2.75, 3.05) is 13.2 Å². The predicted molar refractivity (Wildman–Crippen MR) is 61.2 cm³/mol. The number of hydrogen-bond acceptors (Lipinski definition) is 2. The highest BCUT2D eigenvalue weighted by molar-refractivity contribution is 6.30. The van der Waals surface area contributed by atoms with Gasteiger partial charge in [0.25, 0.3) is 0 Å². The molecule has 2 rings (SSSR count). The van der Waals surface area contributed by atoms with E-state index in [0.29, 0.717) is 16.9 Å². The van der Waals surface area contributed by atoms with Gasteiger partial charge >= 0.3 is 0 Å². The molecular weight excluding hydrogens is 210 g/mol.